The molecule has 0 saturated carbocycles. The van der Waals surface area contributed by atoms with Crippen molar-refractivity contribution in [2.75, 3.05) is 43.9 Å². The Morgan fingerprint density at radius 2 is 1.70 bits per heavy atom. The summed E-state index contributed by atoms with van der Waals surface area (Å²) in [5, 5.41) is 0. The first-order valence-corrected chi connectivity index (χ1v) is 11.5. The molecule has 1 amide bonds. The number of ether oxygens (including phenoxy) is 1. The number of benzene rings is 2. The summed E-state index contributed by atoms with van der Waals surface area (Å²) in [6, 6.07) is 12.4. The molecule has 0 radical (unpaired) electrons. The monoisotopic (exact) mass is 434 g/mol. The van der Waals surface area contributed by atoms with E-state index in [0.717, 1.165) is 11.9 Å². The second-order valence-corrected chi connectivity index (χ2v) is 9.33. The van der Waals surface area contributed by atoms with Gasteiger partial charge in [-0.2, -0.15) is 0 Å². The van der Waals surface area contributed by atoms with Crippen LogP contribution in [0.2, 0.25) is 0 Å². The summed E-state index contributed by atoms with van der Waals surface area (Å²) in [6.45, 7) is 1.75. The quantitative estimate of drug-likeness (QED) is 0.646. The van der Waals surface area contributed by atoms with E-state index in [2.05, 4.69) is 4.90 Å². The maximum absolute atomic E-state index is 13.0. The third-order valence-electron chi connectivity index (χ3n) is 4.74. The Labute approximate surface area is 175 Å². The molecule has 2 aromatic rings. The number of carbonyl (C=O) groups is 2. The minimum atomic E-state index is -3.22. The van der Waals surface area contributed by atoms with Gasteiger partial charge in [-0.05, 0) is 42.0 Å². The van der Waals surface area contributed by atoms with Gasteiger partial charge in [0, 0.05) is 38.1 Å². The van der Waals surface area contributed by atoms with E-state index >= 15 is 0 Å². The van der Waals surface area contributed by atoms with Crippen LogP contribution in [-0.4, -0.2) is 64.2 Å². The van der Waals surface area contributed by atoms with E-state index in [1.807, 2.05) is 0 Å². The van der Waals surface area contributed by atoms with Crippen LogP contribution >= 0.6 is 0 Å². The lowest BCUT2D eigenvalue weighted by atomic mass is 10.1. The number of hydrogen-bond donors (Lipinski definition) is 0. The summed E-state index contributed by atoms with van der Waals surface area (Å²) in [6.07, 6.45) is 1.12. The highest BCUT2D eigenvalue weighted by Crippen LogP contribution is 2.17. The van der Waals surface area contributed by atoms with Crippen molar-refractivity contribution < 1.29 is 27.1 Å². The summed E-state index contributed by atoms with van der Waals surface area (Å²) in [5.74, 6) is -1.44. The predicted molar refractivity (Wildman–Crippen MR) is 110 cm³/mol. The normalized spacial score (nSPS) is 14.5. The van der Waals surface area contributed by atoms with Gasteiger partial charge < -0.3 is 14.5 Å². The Morgan fingerprint density at radius 3 is 2.33 bits per heavy atom. The molecule has 0 bridgehead atoms. The Balaban J connectivity index is 1.49. The largest absolute Gasteiger partial charge is 0.452 e. The summed E-state index contributed by atoms with van der Waals surface area (Å²) < 4.78 is 41.0. The first-order chi connectivity index (χ1) is 14.2. The van der Waals surface area contributed by atoms with Crippen LogP contribution in [0.4, 0.5) is 10.1 Å². The Kier molecular flexibility index (Phi) is 6.71. The summed E-state index contributed by atoms with van der Waals surface area (Å²) in [7, 11) is -3.22. The van der Waals surface area contributed by atoms with Crippen molar-refractivity contribution in [2.24, 2.45) is 0 Å². The first kappa shape index (κ1) is 21.8. The van der Waals surface area contributed by atoms with E-state index in [1.165, 1.54) is 24.3 Å². The topological polar surface area (TPSA) is 84.0 Å². The third kappa shape index (κ3) is 6.03. The van der Waals surface area contributed by atoms with Crippen molar-refractivity contribution in [3.63, 3.8) is 0 Å². The highest BCUT2D eigenvalue weighted by molar-refractivity contribution is 7.89. The van der Waals surface area contributed by atoms with E-state index < -0.39 is 15.8 Å². The van der Waals surface area contributed by atoms with Crippen molar-refractivity contribution in [3.8, 4) is 0 Å². The van der Waals surface area contributed by atoms with Crippen LogP contribution in [0, 0.1) is 5.82 Å². The number of piperazine rings is 1. The number of halogens is 1. The van der Waals surface area contributed by atoms with Gasteiger partial charge in [0.25, 0.3) is 5.91 Å². The maximum atomic E-state index is 13.0. The van der Waals surface area contributed by atoms with Crippen molar-refractivity contribution in [3.05, 3.63) is 65.5 Å². The molecule has 7 nitrogen and oxygen atoms in total. The standard InChI is InChI=1S/C21H23FN2O5S/c1-30(27,28)15-16-3-2-4-17(13-16)21(26)29-14-20(25)24-11-9-23(10-12-24)19-7-5-18(22)6-8-19/h2-8,13H,9-12,14-15H2,1H3. The predicted octanol–water partition coefficient (Wildman–Crippen LogP) is 1.88. The SMILES string of the molecule is CS(=O)(=O)Cc1cccc(C(=O)OCC(=O)N2CCN(c3ccc(F)cc3)CC2)c1. The molecule has 0 N–H and O–H groups in total. The molecule has 1 aliphatic heterocycles. The van der Waals surface area contributed by atoms with E-state index in [9.17, 15) is 22.4 Å². The van der Waals surface area contributed by atoms with Gasteiger partial charge in [0.15, 0.2) is 16.4 Å². The van der Waals surface area contributed by atoms with Gasteiger partial charge in [-0.15, -0.1) is 0 Å². The molecule has 0 aromatic heterocycles. The molecule has 9 heteroatoms. The molecule has 2 aromatic carbocycles. The molecule has 1 aliphatic rings. The van der Waals surface area contributed by atoms with Gasteiger partial charge in [0.2, 0.25) is 0 Å². The lowest BCUT2D eigenvalue weighted by Crippen LogP contribution is -2.49. The fraction of sp³-hybridized carbons (Fsp3) is 0.333. The average Bonchev–Trinajstić information content (AvgIpc) is 2.71. The number of esters is 1. The zero-order valence-electron chi connectivity index (χ0n) is 16.6. The third-order valence-corrected chi connectivity index (χ3v) is 5.60. The summed E-state index contributed by atoms with van der Waals surface area (Å²) in [5.41, 5.74) is 1.57. The second kappa shape index (κ2) is 9.25. The molecule has 1 saturated heterocycles. The van der Waals surface area contributed by atoms with E-state index in [-0.39, 0.29) is 29.6 Å². The van der Waals surface area contributed by atoms with Crippen molar-refractivity contribution in [2.45, 2.75) is 5.75 Å². The minimum absolute atomic E-state index is 0.175. The van der Waals surface area contributed by atoms with E-state index in [0.29, 0.717) is 31.7 Å². The molecule has 1 heterocycles. The molecule has 1 fully saturated rings. The molecule has 160 valence electrons. The fourth-order valence-electron chi connectivity index (χ4n) is 3.26. The van der Waals surface area contributed by atoms with Crippen LogP contribution in [0.3, 0.4) is 0 Å². The lowest BCUT2D eigenvalue weighted by molar-refractivity contribution is -0.134. The Hall–Kier alpha value is -2.94. The first-order valence-electron chi connectivity index (χ1n) is 9.43. The van der Waals surface area contributed by atoms with Gasteiger partial charge in [0.1, 0.15) is 5.82 Å². The molecule has 0 aliphatic carbocycles. The maximum Gasteiger partial charge on any atom is 0.338 e. The van der Waals surface area contributed by atoms with Crippen LogP contribution in [0.15, 0.2) is 48.5 Å². The number of carbonyl (C=O) groups excluding carboxylic acids is 2. The van der Waals surface area contributed by atoms with E-state index in [1.54, 1.807) is 29.2 Å². The highest BCUT2D eigenvalue weighted by atomic mass is 32.2. The fourth-order valence-corrected chi connectivity index (χ4v) is 4.04. The second-order valence-electron chi connectivity index (χ2n) is 7.19. The van der Waals surface area contributed by atoms with Crippen LogP contribution < -0.4 is 4.90 Å². The Bertz CT molecular complexity index is 1020. The molecule has 0 spiro atoms. The van der Waals surface area contributed by atoms with Gasteiger partial charge in [-0.25, -0.2) is 17.6 Å². The van der Waals surface area contributed by atoms with Gasteiger partial charge in [-0.3, -0.25) is 4.79 Å². The van der Waals surface area contributed by atoms with Crippen LogP contribution in [0.5, 0.6) is 0 Å². The van der Waals surface area contributed by atoms with Gasteiger partial charge >= 0.3 is 5.97 Å². The molecule has 30 heavy (non-hydrogen) atoms. The van der Waals surface area contributed by atoms with Crippen LogP contribution in [0.25, 0.3) is 0 Å². The smallest absolute Gasteiger partial charge is 0.338 e. The van der Waals surface area contributed by atoms with Crippen molar-refractivity contribution in [1.29, 1.82) is 0 Å². The minimum Gasteiger partial charge on any atom is -0.452 e. The number of rotatable bonds is 6. The Morgan fingerprint density at radius 1 is 1.03 bits per heavy atom. The number of anilines is 1. The molecular weight excluding hydrogens is 411 g/mol. The highest BCUT2D eigenvalue weighted by Gasteiger charge is 2.22. The summed E-state index contributed by atoms with van der Waals surface area (Å²) in [4.78, 5) is 28.3. The molecule has 0 unspecified atom stereocenters. The number of sulfone groups is 1. The zero-order valence-corrected chi connectivity index (χ0v) is 17.4. The average molecular weight is 434 g/mol. The lowest BCUT2D eigenvalue weighted by Gasteiger charge is -2.36. The van der Waals surface area contributed by atoms with Gasteiger partial charge in [0.05, 0.1) is 11.3 Å². The summed E-state index contributed by atoms with van der Waals surface area (Å²) >= 11 is 0. The van der Waals surface area contributed by atoms with Crippen LogP contribution in [-0.2, 0) is 25.1 Å². The number of hydrogen-bond acceptors (Lipinski definition) is 6. The zero-order chi connectivity index (χ0) is 21.7. The van der Waals surface area contributed by atoms with Crippen molar-refractivity contribution >= 4 is 27.4 Å². The molecular formula is C21H23FN2O5S. The van der Waals surface area contributed by atoms with Crippen molar-refractivity contribution in [1.82, 2.24) is 4.90 Å². The van der Waals surface area contributed by atoms with Gasteiger partial charge in [-0.1, -0.05) is 12.1 Å². The van der Waals surface area contributed by atoms with E-state index in [4.69, 9.17) is 4.74 Å². The van der Waals surface area contributed by atoms with Crippen LogP contribution in [0.1, 0.15) is 15.9 Å². The number of amides is 1. The molecule has 0 atom stereocenters. The molecule has 3 rings (SSSR count). The number of nitrogens with zero attached hydrogens (tertiary/aromatic N) is 2.